The topological polar surface area (TPSA) is 39.2 Å². The zero-order chi connectivity index (χ0) is 23.2. The summed E-state index contributed by atoms with van der Waals surface area (Å²) in [5, 5.41) is 2.69. The molecule has 2 aromatic carbocycles. The van der Waals surface area contributed by atoms with Crippen molar-refractivity contribution < 1.29 is 9.53 Å². The second kappa shape index (κ2) is 14.3. The molecule has 0 saturated carbocycles. The van der Waals surface area contributed by atoms with Gasteiger partial charge in [-0.3, -0.25) is 4.79 Å². The first-order valence-electron chi connectivity index (χ1n) is 10.1. The number of allylic oxidation sites excluding steroid dienone is 1. The van der Waals surface area contributed by atoms with Crippen LogP contribution < -0.4 is 14.6 Å². The summed E-state index contributed by atoms with van der Waals surface area (Å²) in [5.74, 6) is 0.618. The number of hydrogen-bond donors (Lipinski definition) is 0. The van der Waals surface area contributed by atoms with Crippen LogP contribution in [-0.4, -0.2) is 17.4 Å². The van der Waals surface area contributed by atoms with Gasteiger partial charge in [0, 0.05) is 10.6 Å². The molecule has 5 heteroatoms. The smallest absolute Gasteiger partial charge is 0.167 e. The lowest BCUT2D eigenvalue weighted by Gasteiger charge is -2.02. The molecule has 0 radical (unpaired) electrons. The van der Waals surface area contributed by atoms with E-state index in [1.165, 1.54) is 22.6 Å². The van der Waals surface area contributed by atoms with Gasteiger partial charge in [-0.05, 0) is 50.6 Å². The summed E-state index contributed by atoms with van der Waals surface area (Å²) in [5.41, 5.74) is 2.47. The van der Waals surface area contributed by atoms with Crippen molar-refractivity contribution in [1.82, 2.24) is 4.98 Å². The molecule has 0 atom stereocenters. The van der Waals surface area contributed by atoms with E-state index in [1.54, 1.807) is 41.7 Å². The number of Topliss-reactive ketones (excluding diaryl/α,β-unsaturated/α-hetero) is 1. The maximum atomic E-state index is 10.5. The fourth-order valence-electron chi connectivity index (χ4n) is 2.45. The Bertz CT molecular complexity index is 1100. The molecule has 0 N–H and O–H groups in total. The number of halogens is 1. The molecule has 0 spiro atoms. The third kappa shape index (κ3) is 8.91. The van der Waals surface area contributed by atoms with Gasteiger partial charge >= 0.3 is 0 Å². The normalized spacial score (nSPS) is 11.0. The maximum absolute atomic E-state index is 10.5. The molecule has 1 heterocycles. The summed E-state index contributed by atoms with van der Waals surface area (Å²) >= 11 is 7.42. The first kappa shape index (κ1) is 26.3. The van der Waals surface area contributed by atoms with Crippen molar-refractivity contribution in [2.24, 2.45) is 0 Å². The van der Waals surface area contributed by atoms with Crippen LogP contribution >= 0.6 is 22.9 Å². The van der Waals surface area contributed by atoms with Gasteiger partial charge in [-0.2, -0.15) is 0 Å². The number of aryl methyl sites for hydroxylation is 1. The number of hydrogen-bond acceptors (Lipinski definition) is 4. The number of thiazole rings is 1. The Labute approximate surface area is 194 Å². The van der Waals surface area contributed by atoms with Crippen LogP contribution in [0.5, 0.6) is 5.75 Å². The quantitative estimate of drug-likeness (QED) is 0.458. The Hall–Kier alpha value is -2.69. The number of rotatable bonds is 5. The van der Waals surface area contributed by atoms with E-state index in [2.05, 4.69) is 48.8 Å². The number of nitrogens with zero attached hydrogens (tertiary/aromatic N) is 1. The summed E-state index contributed by atoms with van der Waals surface area (Å²) in [6.07, 6.45) is 5.83. The minimum Gasteiger partial charge on any atom is -0.486 e. The molecule has 3 aromatic rings. The Morgan fingerprint density at radius 2 is 1.90 bits per heavy atom. The van der Waals surface area contributed by atoms with E-state index in [4.69, 9.17) is 16.3 Å². The van der Waals surface area contributed by atoms with Gasteiger partial charge in [0.05, 0.1) is 9.88 Å². The third-order valence-corrected chi connectivity index (χ3v) is 5.24. The molecule has 0 fully saturated rings. The SMILES string of the molecule is C=C/C=c1/nc(-c2ccccc2C)s/c1=C/C.CC.CC(=O)COc1cccc(Cl)c1. The average Bonchev–Trinajstić information content (AvgIpc) is 3.17. The highest BCUT2D eigenvalue weighted by Crippen LogP contribution is 2.21. The predicted molar refractivity (Wildman–Crippen MR) is 135 cm³/mol. The average molecular weight is 456 g/mol. The van der Waals surface area contributed by atoms with Crippen molar-refractivity contribution in [3.05, 3.63) is 81.7 Å². The molecule has 164 valence electrons. The molecule has 3 rings (SSSR count). The van der Waals surface area contributed by atoms with E-state index in [0.717, 1.165) is 10.4 Å². The van der Waals surface area contributed by atoms with Gasteiger partial charge in [0.15, 0.2) is 5.78 Å². The number of benzene rings is 2. The summed E-state index contributed by atoms with van der Waals surface area (Å²) in [4.78, 5) is 15.2. The zero-order valence-electron chi connectivity index (χ0n) is 18.8. The van der Waals surface area contributed by atoms with E-state index in [1.807, 2.05) is 26.8 Å². The van der Waals surface area contributed by atoms with Crippen LogP contribution in [0.25, 0.3) is 22.7 Å². The molecule has 31 heavy (non-hydrogen) atoms. The van der Waals surface area contributed by atoms with Crippen molar-refractivity contribution >= 4 is 40.9 Å². The van der Waals surface area contributed by atoms with Crippen LogP contribution in [0.4, 0.5) is 0 Å². The van der Waals surface area contributed by atoms with Crippen LogP contribution in [0.2, 0.25) is 5.02 Å². The van der Waals surface area contributed by atoms with Crippen LogP contribution in [0.15, 0.2) is 61.2 Å². The molecule has 0 amide bonds. The van der Waals surface area contributed by atoms with Crippen molar-refractivity contribution in [3.8, 4) is 16.3 Å². The number of carbonyl (C=O) groups is 1. The molecule has 3 nitrogen and oxygen atoms in total. The number of aromatic nitrogens is 1. The summed E-state index contributed by atoms with van der Waals surface area (Å²) in [7, 11) is 0. The number of carbonyl (C=O) groups excluding carboxylic acids is 1. The first-order chi connectivity index (χ1) is 14.9. The Morgan fingerprint density at radius 3 is 2.48 bits per heavy atom. The lowest BCUT2D eigenvalue weighted by atomic mass is 10.1. The summed E-state index contributed by atoms with van der Waals surface area (Å²) in [6, 6.07) is 15.3. The van der Waals surface area contributed by atoms with E-state index in [9.17, 15) is 4.79 Å². The Kier molecular flexibility index (Phi) is 12.2. The molecular weight excluding hydrogens is 426 g/mol. The Balaban J connectivity index is 0.000000303. The third-order valence-electron chi connectivity index (χ3n) is 3.83. The second-order valence-corrected chi connectivity index (χ2v) is 7.69. The Morgan fingerprint density at radius 1 is 1.19 bits per heavy atom. The van der Waals surface area contributed by atoms with Crippen LogP contribution in [-0.2, 0) is 4.79 Å². The number of ketones is 1. The van der Waals surface area contributed by atoms with Gasteiger partial charge in [0.1, 0.15) is 17.4 Å². The van der Waals surface area contributed by atoms with Gasteiger partial charge < -0.3 is 4.74 Å². The zero-order valence-corrected chi connectivity index (χ0v) is 20.4. The summed E-state index contributed by atoms with van der Waals surface area (Å²) in [6.45, 7) is 13.5. The molecule has 0 aliphatic heterocycles. The molecule has 0 bridgehead atoms. The molecular formula is C26H30ClNO2S. The highest BCUT2D eigenvalue weighted by Gasteiger charge is 2.05. The largest absolute Gasteiger partial charge is 0.486 e. The van der Waals surface area contributed by atoms with Crippen molar-refractivity contribution in [2.45, 2.75) is 34.6 Å². The van der Waals surface area contributed by atoms with Gasteiger partial charge in [-0.25, -0.2) is 4.98 Å². The minimum atomic E-state index is -0.00465. The van der Waals surface area contributed by atoms with Gasteiger partial charge in [-0.1, -0.05) is 74.5 Å². The molecule has 0 unspecified atom stereocenters. The van der Waals surface area contributed by atoms with Gasteiger partial charge in [0.2, 0.25) is 0 Å². The maximum Gasteiger partial charge on any atom is 0.167 e. The lowest BCUT2D eigenvalue weighted by molar-refractivity contribution is -0.118. The number of ether oxygens (including phenoxy) is 1. The standard InChI is InChI=1S/C15H15NS.C9H9ClO2.C2H6/c1-4-8-13-14(5-2)17-15(16-13)12-10-7-6-9-11(12)3;1-7(11)6-12-9-4-2-3-8(10)5-9;1-2/h4-10H,1H2,2-3H3;2-5H,6H2,1H3;1-2H3/b13-8+,14-5+;;. The monoisotopic (exact) mass is 455 g/mol. The fraction of sp³-hybridized carbons (Fsp3) is 0.231. The van der Waals surface area contributed by atoms with Gasteiger partial charge in [0.25, 0.3) is 0 Å². The molecule has 0 aliphatic carbocycles. The van der Waals surface area contributed by atoms with E-state index in [0.29, 0.717) is 10.8 Å². The fourth-order valence-corrected chi connectivity index (χ4v) is 3.66. The van der Waals surface area contributed by atoms with Crippen LogP contribution in [0.3, 0.4) is 0 Å². The van der Waals surface area contributed by atoms with E-state index < -0.39 is 0 Å². The molecule has 1 aromatic heterocycles. The van der Waals surface area contributed by atoms with Crippen molar-refractivity contribution in [3.63, 3.8) is 0 Å². The van der Waals surface area contributed by atoms with Crippen LogP contribution in [0.1, 0.15) is 33.3 Å². The van der Waals surface area contributed by atoms with Crippen molar-refractivity contribution in [2.75, 3.05) is 6.61 Å². The second-order valence-electron chi connectivity index (χ2n) is 6.22. The highest BCUT2D eigenvalue weighted by molar-refractivity contribution is 7.13. The van der Waals surface area contributed by atoms with E-state index in [-0.39, 0.29) is 12.4 Å². The summed E-state index contributed by atoms with van der Waals surface area (Å²) < 4.78 is 6.31. The van der Waals surface area contributed by atoms with Crippen molar-refractivity contribution in [1.29, 1.82) is 0 Å². The highest BCUT2D eigenvalue weighted by atomic mass is 35.5. The van der Waals surface area contributed by atoms with E-state index >= 15 is 0 Å². The molecule has 0 aliphatic rings. The minimum absolute atomic E-state index is 0.00465. The first-order valence-corrected chi connectivity index (χ1v) is 11.3. The molecule has 0 saturated heterocycles. The van der Waals surface area contributed by atoms with Gasteiger partial charge in [-0.15, -0.1) is 11.3 Å². The predicted octanol–water partition coefficient (Wildman–Crippen LogP) is 6.22. The lowest BCUT2D eigenvalue weighted by Crippen LogP contribution is -2.19. The van der Waals surface area contributed by atoms with Crippen LogP contribution in [0, 0.1) is 6.92 Å².